The Balaban J connectivity index is 1.54. The van der Waals surface area contributed by atoms with Gasteiger partial charge in [-0.15, -0.1) is 0 Å². The van der Waals surface area contributed by atoms with Crippen LogP contribution in [0.5, 0.6) is 0 Å². The second-order valence-corrected chi connectivity index (χ2v) is 6.10. The summed E-state index contributed by atoms with van der Waals surface area (Å²) in [5.41, 5.74) is 3.33. The van der Waals surface area contributed by atoms with E-state index in [0.29, 0.717) is 12.5 Å². The summed E-state index contributed by atoms with van der Waals surface area (Å²) < 4.78 is 4.87. The van der Waals surface area contributed by atoms with Crippen LogP contribution >= 0.6 is 0 Å². The van der Waals surface area contributed by atoms with Gasteiger partial charge in [0, 0.05) is 31.9 Å². The molecule has 0 bridgehead atoms. The standard InChI is InChI=1S/C18H23N3O3/c1-2-24-17(23)6-5-16(22)21-10-7-13(8-11-21)14-12-20-15-4-3-9-19-18(14)15/h3-4,9,12-13,20H,2,5-8,10-11H2,1H3. The Kier molecular flexibility index (Phi) is 5.13. The number of nitrogens with zero attached hydrogens (tertiary/aromatic N) is 2. The number of nitrogens with one attached hydrogen (secondary N) is 1. The Labute approximate surface area is 141 Å². The fourth-order valence-corrected chi connectivity index (χ4v) is 3.33. The van der Waals surface area contributed by atoms with E-state index in [1.54, 1.807) is 6.92 Å². The van der Waals surface area contributed by atoms with Crippen LogP contribution < -0.4 is 0 Å². The van der Waals surface area contributed by atoms with Crippen molar-refractivity contribution in [3.05, 3.63) is 30.1 Å². The van der Waals surface area contributed by atoms with Crippen molar-refractivity contribution in [3.8, 4) is 0 Å². The zero-order valence-corrected chi connectivity index (χ0v) is 14.0. The summed E-state index contributed by atoms with van der Waals surface area (Å²) in [4.78, 5) is 33.2. The second-order valence-electron chi connectivity index (χ2n) is 6.10. The van der Waals surface area contributed by atoms with Gasteiger partial charge in [0.25, 0.3) is 0 Å². The van der Waals surface area contributed by atoms with Crippen molar-refractivity contribution < 1.29 is 14.3 Å². The number of likely N-dealkylation sites (tertiary alicyclic amines) is 1. The molecule has 1 fully saturated rings. The summed E-state index contributed by atoms with van der Waals surface area (Å²) in [6, 6.07) is 3.95. The lowest BCUT2D eigenvalue weighted by Gasteiger charge is -2.32. The number of aromatic nitrogens is 2. The molecule has 24 heavy (non-hydrogen) atoms. The van der Waals surface area contributed by atoms with Gasteiger partial charge in [-0.25, -0.2) is 0 Å². The maximum Gasteiger partial charge on any atom is 0.306 e. The molecule has 1 amide bonds. The van der Waals surface area contributed by atoms with E-state index >= 15 is 0 Å². The summed E-state index contributed by atoms with van der Waals surface area (Å²) in [6.07, 6.45) is 6.11. The van der Waals surface area contributed by atoms with E-state index in [1.165, 1.54) is 5.56 Å². The number of fused-ring (bicyclic) bond motifs is 1. The number of pyridine rings is 1. The quantitative estimate of drug-likeness (QED) is 0.856. The highest BCUT2D eigenvalue weighted by atomic mass is 16.5. The zero-order valence-electron chi connectivity index (χ0n) is 14.0. The topological polar surface area (TPSA) is 75.3 Å². The van der Waals surface area contributed by atoms with E-state index in [0.717, 1.165) is 37.0 Å². The van der Waals surface area contributed by atoms with Crippen molar-refractivity contribution in [2.45, 2.75) is 38.5 Å². The molecular formula is C18H23N3O3. The lowest BCUT2D eigenvalue weighted by atomic mass is 9.90. The number of piperidine rings is 1. The summed E-state index contributed by atoms with van der Waals surface area (Å²) >= 11 is 0. The molecule has 0 atom stereocenters. The van der Waals surface area contributed by atoms with Crippen LogP contribution in [0.1, 0.15) is 44.1 Å². The minimum absolute atomic E-state index is 0.0403. The lowest BCUT2D eigenvalue weighted by molar-refractivity contribution is -0.145. The summed E-state index contributed by atoms with van der Waals surface area (Å²) in [6.45, 7) is 3.58. The van der Waals surface area contributed by atoms with Crippen LogP contribution in [-0.4, -0.2) is 46.4 Å². The molecule has 1 saturated heterocycles. The third kappa shape index (κ3) is 3.58. The largest absolute Gasteiger partial charge is 0.466 e. The average molecular weight is 329 g/mol. The number of hydrogen-bond donors (Lipinski definition) is 1. The Hall–Kier alpha value is -2.37. The van der Waals surface area contributed by atoms with Crippen LogP contribution in [0, 0.1) is 0 Å². The van der Waals surface area contributed by atoms with Gasteiger partial charge in [0.2, 0.25) is 5.91 Å². The third-order valence-corrected chi connectivity index (χ3v) is 4.60. The molecule has 1 N–H and O–H groups in total. The van der Waals surface area contributed by atoms with Crippen LogP contribution in [0.4, 0.5) is 0 Å². The fraction of sp³-hybridized carbons (Fsp3) is 0.500. The molecular weight excluding hydrogens is 306 g/mol. The monoisotopic (exact) mass is 329 g/mol. The molecule has 6 heteroatoms. The molecule has 0 unspecified atom stereocenters. The Morgan fingerprint density at radius 2 is 2.12 bits per heavy atom. The van der Waals surface area contributed by atoms with Crippen LogP contribution in [0.3, 0.4) is 0 Å². The number of aromatic amines is 1. The van der Waals surface area contributed by atoms with E-state index in [-0.39, 0.29) is 24.7 Å². The number of carbonyl (C=O) groups is 2. The molecule has 1 aliphatic heterocycles. The van der Waals surface area contributed by atoms with Gasteiger partial charge < -0.3 is 14.6 Å². The van der Waals surface area contributed by atoms with Crippen molar-refractivity contribution in [1.82, 2.24) is 14.9 Å². The van der Waals surface area contributed by atoms with Crippen molar-refractivity contribution in [2.75, 3.05) is 19.7 Å². The summed E-state index contributed by atoms with van der Waals surface area (Å²) in [7, 11) is 0. The summed E-state index contributed by atoms with van der Waals surface area (Å²) in [5.74, 6) is 0.159. The first kappa shape index (κ1) is 16.5. The maximum atomic E-state index is 12.2. The number of rotatable bonds is 5. The smallest absolute Gasteiger partial charge is 0.306 e. The van der Waals surface area contributed by atoms with E-state index in [9.17, 15) is 9.59 Å². The molecule has 0 aromatic carbocycles. The van der Waals surface area contributed by atoms with E-state index in [2.05, 4.69) is 9.97 Å². The van der Waals surface area contributed by atoms with Crippen molar-refractivity contribution in [2.24, 2.45) is 0 Å². The molecule has 0 spiro atoms. The molecule has 2 aromatic heterocycles. The molecule has 0 saturated carbocycles. The first-order chi connectivity index (χ1) is 11.7. The molecule has 3 rings (SSSR count). The Bertz CT molecular complexity index is 717. The van der Waals surface area contributed by atoms with Gasteiger partial charge in [-0.1, -0.05) is 0 Å². The number of hydrogen-bond acceptors (Lipinski definition) is 4. The van der Waals surface area contributed by atoms with Gasteiger partial charge >= 0.3 is 5.97 Å². The number of H-pyrrole nitrogens is 1. The normalized spacial score (nSPS) is 15.6. The lowest BCUT2D eigenvalue weighted by Crippen LogP contribution is -2.38. The SMILES string of the molecule is CCOC(=O)CCC(=O)N1CCC(c2c[nH]c3cccnc23)CC1. The molecule has 2 aromatic rings. The first-order valence-electron chi connectivity index (χ1n) is 8.54. The Morgan fingerprint density at radius 3 is 2.88 bits per heavy atom. The predicted octanol–water partition coefficient (Wildman–Crippen LogP) is 2.61. The number of amides is 1. The summed E-state index contributed by atoms with van der Waals surface area (Å²) in [5, 5.41) is 0. The number of ether oxygens (including phenoxy) is 1. The van der Waals surface area contributed by atoms with E-state index in [1.807, 2.05) is 29.4 Å². The second kappa shape index (κ2) is 7.47. The number of carbonyl (C=O) groups excluding carboxylic acids is 2. The molecule has 128 valence electrons. The minimum atomic E-state index is -0.300. The Morgan fingerprint density at radius 1 is 1.33 bits per heavy atom. The van der Waals surface area contributed by atoms with Crippen LogP contribution in [0.2, 0.25) is 0 Å². The number of esters is 1. The van der Waals surface area contributed by atoms with Gasteiger partial charge in [0.15, 0.2) is 0 Å². The highest BCUT2D eigenvalue weighted by molar-refractivity contribution is 5.82. The van der Waals surface area contributed by atoms with Gasteiger partial charge in [0.1, 0.15) is 0 Å². The zero-order chi connectivity index (χ0) is 16.9. The average Bonchev–Trinajstić information content (AvgIpc) is 3.04. The highest BCUT2D eigenvalue weighted by Gasteiger charge is 2.26. The van der Waals surface area contributed by atoms with Crippen molar-refractivity contribution in [1.29, 1.82) is 0 Å². The van der Waals surface area contributed by atoms with E-state index < -0.39 is 0 Å². The molecule has 6 nitrogen and oxygen atoms in total. The maximum absolute atomic E-state index is 12.2. The van der Waals surface area contributed by atoms with Crippen LogP contribution in [-0.2, 0) is 14.3 Å². The fourth-order valence-electron chi connectivity index (χ4n) is 3.33. The molecule has 0 radical (unpaired) electrons. The molecule has 1 aliphatic rings. The van der Waals surface area contributed by atoms with Crippen molar-refractivity contribution in [3.63, 3.8) is 0 Å². The van der Waals surface area contributed by atoms with Gasteiger partial charge in [0.05, 0.1) is 24.1 Å². The first-order valence-corrected chi connectivity index (χ1v) is 8.54. The van der Waals surface area contributed by atoms with E-state index in [4.69, 9.17) is 4.74 Å². The van der Waals surface area contributed by atoms with Crippen molar-refractivity contribution >= 4 is 22.9 Å². The van der Waals surface area contributed by atoms with Gasteiger partial charge in [-0.2, -0.15) is 0 Å². The van der Waals surface area contributed by atoms with Crippen LogP contribution in [0.25, 0.3) is 11.0 Å². The molecule has 0 aliphatic carbocycles. The van der Waals surface area contributed by atoms with Crippen LogP contribution in [0.15, 0.2) is 24.5 Å². The minimum Gasteiger partial charge on any atom is -0.466 e. The highest BCUT2D eigenvalue weighted by Crippen LogP contribution is 2.32. The molecule has 3 heterocycles. The van der Waals surface area contributed by atoms with Gasteiger partial charge in [-0.3, -0.25) is 14.6 Å². The predicted molar refractivity (Wildman–Crippen MR) is 90.5 cm³/mol. The third-order valence-electron chi connectivity index (χ3n) is 4.60. The van der Waals surface area contributed by atoms with Gasteiger partial charge in [-0.05, 0) is 43.4 Å².